The predicted octanol–water partition coefficient (Wildman–Crippen LogP) is 0.968. The molecule has 1 aromatic rings. The van der Waals surface area contributed by atoms with E-state index in [-0.39, 0.29) is 11.9 Å². The smallest absolute Gasteiger partial charge is 0.392 e. The van der Waals surface area contributed by atoms with Crippen LogP contribution in [0.2, 0.25) is 0 Å². The molecule has 1 aliphatic rings. The first kappa shape index (κ1) is 10.4. The Hall–Kier alpha value is -1.10. The summed E-state index contributed by atoms with van der Waals surface area (Å²) in [6.07, 6.45) is 3.84. The molecule has 0 aromatic carbocycles. The van der Waals surface area contributed by atoms with Crippen molar-refractivity contribution in [2.45, 2.75) is 45.3 Å². The standard InChI is InChI=1S/C10H16N2O3/c1-2-4-9-11-12(10(13)15-9)7-8-5-3-6-14-8/h8H,2-7H2,1H3. The highest BCUT2D eigenvalue weighted by Crippen LogP contribution is 2.12. The van der Waals surface area contributed by atoms with E-state index in [0.717, 1.165) is 25.9 Å². The molecule has 0 saturated carbocycles. The van der Waals surface area contributed by atoms with E-state index in [1.165, 1.54) is 4.68 Å². The highest BCUT2D eigenvalue weighted by atomic mass is 16.5. The van der Waals surface area contributed by atoms with Crippen molar-refractivity contribution in [1.29, 1.82) is 0 Å². The van der Waals surface area contributed by atoms with Crippen molar-refractivity contribution in [2.24, 2.45) is 0 Å². The first-order valence-corrected chi connectivity index (χ1v) is 5.48. The van der Waals surface area contributed by atoms with Gasteiger partial charge in [-0.25, -0.2) is 4.79 Å². The van der Waals surface area contributed by atoms with Gasteiger partial charge in [0.25, 0.3) is 0 Å². The van der Waals surface area contributed by atoms with Gasteiger partial charge in [0.15, 0.2) is 0 Å². The fourth-order valence-corrected chi connectivity index (χ4v) is 1.76. The molecule has 84 valence electrons. The summed E-state index contributed by atoms with van der Waals surface area (Å²) in [7, 11) is 0. The van der Waals surface area contributed by atoms with Crippen LogP contribution in [0.3, 0.4) is 0 Å². The van der Waals surface area contributed by atoms with Gasteiger partial charge < -0.3 is 9.15 Å². The van der Waals surface area contributed by atoms with Gasteiger partial charge in [0, 0.05) is 13.0 Å². The van der Waals surface area contributed by atoms with Crippen LogP contribution in [0.15, 0.2) is 9.21 Å². The molecule has 1 atom stereocenters. The van der Waals surface area contributed by atoms with Gasteiger partial charge in [-0.1, -0.05) is 6.92 Å². The first-order valence-electron chi connectivity index (χ1n) is 5.48. The summed E-state index contributed by atoms with van der Waals surface area (Å²) in [4.78, 5) is 11.4. The van der Waals surface area contributed by atoms with Crippen LogP contribution in [0.1, 0.15) is 32.1 Å². The third kappa shape index (κ3) is 2.47. The first-order chi connectivity index (χ1) is 7.29. The van der Waals surface area contributed by atoms with Gasteiger partial charge in [-0.2, -0.15) is 4.68 Å². The lowest BCUT2D eigenvalue weighted by atomic mass is 10.2. The van der Waals surface area contributed by atoms with Crippen molar-refractivity contribution in [3.05, 3.63) is 16.4 Å². The third-order valence-electron chi connectivity index (χ3n) is 2.51. The maximum absolute atomic E-state index is 11.4. The van der Waals surface area contributed by atoms with Gasteiger partial charge in [-0.3, -0.25) is 0 Å². The van der Waals surface area contributed by atoms with E-state index in [4.69, 9.17) is 9.15 Å². The summed E-state index contributed by atoms with van der Waals surface area (Å²) in [6.45, 7) is 3.34. The molecule has 0 bridgehead atoms. The molecule has 5 nitrogen and oxygen atoms in total. The SMILES string of the molecule is CCCc1nn(CC2CCCO2)c(=O)o1. The second kappa shape index (κ2) is 4.61. The molecule has 1 aromatic heterocycles. The number of rotatable bonds is 4. The largest absolute Gasteiger partial charge is 0.437 e. The number of nitrogens with zero attached hydrogens (tertiary/aromatic N) is 2. The van der Waals surface area contributed by atoms with Crippen LogP contribution in [-0.2, 0) is 17.7 Å². The van der Waals surface area contributed by atoms with E-state index in [9.17, 15) is 4.79 Å². The average molecular weight is 212 g/mol. The minimum Gasteiger partial charge on any atom is -0.392 e. The van der Waals surface area contributed by atoms with Crippen molar-refractivity contribution in [3.63, 3.8) is 0 Å². The van der Waals surface area contributed by atoms with E-state index >= 15 is 0 Å². The summed E-state index contributed by atoms with van der Waals surface area (Å²) in [5, 5.41) is 4.12. The molecule has 1 saturated heterocycles. The Morgan fingerprint density at radius 2 is 2.47 bits per heavy atom. The molecule has 0 radical (unpaired) electrons. The normalized spacial score (nSPS) is 21.0. The molecule has 0 spiro atoms. The number of ether oxygens (including phenoxy) is 1. The molecule has 1 unspecified atom stereocenters. The summed E-state index contributed by atoms with van der Waals surface area (Å²) >= 11 is 0. The average Bonchev–Trinajstić information content (AvgIpc) is 2.79. The number of aromatic nitrogens is 2. The highest BCUT2D eigenvalue weighted by Gasteiger charge is 2.18. The topological polar surface area (TPSA) is 57.3 Å². The maximum Gasteiger partial charge on any atom is 0.437 e. The van der Waals surface area contributed by atoms with Crippen LogP contribution < -0.4 is 5.76 Å². The Morgan fingerprint density at radius 3 is 3.13 bits per heavy atom. The summed E-state index contributed by atoms with van der Waals surface area (Å²) in [5.41, 5.74) is 0. The van der Waals surface area contributed by atoms with Gasteiger partial charge >= 0.3 is 5.76 Å². The Balaban J connectivity index is 2.03. The monoisotopic (exact) mass is 212 g/mol. The van der Waals surface area contributed by atoms with Crippen LogP contribution in [-0.4, -0.2) is 22.5 Å². The number of hydrogen-bond acceptors (Lipinski definition) is 4. The van der Waals surface area contributed by atoms with Gasteiger partial charge in [0.05, 0.1) is 12.6 Å². The summed E-state index contributed by atoms with van der Waals surface area (Å²) in [6, 6.07) is 0. The van der Waals surface area contributed by atoms with Crippen molar-refractivity contribution in [1.82, 2.24) is 9.78 Å². The van der Waals surface area contributed by atoms with Crippen molar-refractivity contribution in [2.75, 3.05) is 6.61 Å². The van der Waals surface area contributed by atoms with Crippen LogP contribution in [0.25, 0.3) is 0 Å². The Morgan fingerprint density at radius 1 is 1.60 bits per heavy atom. The molecule has 2 heterocycles. The Kier molecular flexibility index (Phi) is 3.20. The molecule has 2 rings (SSSR count). The van der Waals surface area contributed by atoms with Gasteiger partial charge in [0.2, 0.25) is 5.89 Å². The lowest BCUT2D eigenvalue weighted by molar-refractivity contribution is 0.0922. The van der Waals surface area contributed by atoms with Crippen molar-refractivity contribution < 1.29 is 9.15 Å². The number of aryl methyl sites for hydroxylation is 1. The fourth-order valence-electron chi connectivity index (χ4n) is 1.76. The van der Waals surface area contributed by atoms with E-state index in [1.807, 2.05) is 6.92 Å². The van der Waals surface area contributed by atoms with Crippen LogP contribution >= 0.6 is 0 Å². The summed E-state index contributed by atoms with van der Waals surface area (Å²) in [5.74, 6) is 0.162. The second-order valence-electron chi connectivity index (χ2n) is 3.83. The fraction of sp³-hybridized carbons (Fsp3) is 0.800. The van der Waals surface area contributed by atoms with E-state index < -0.39 is 0 Å². The van der Waals surface area contributed by atoms with Gasteiger partial charge in [-0.05, 0) is 19.3 Å². The molecule has 1 aliphatic heterocycles. The Bertz CT molecular complexity index is 363. The van der Waals surface area contributed by atoms with Gasteiger partial charge in [-0.15, -0.1) is 5.10 Å². The van der Waals surface area contributed by atoms with E-state index in [0.29, 0.717) is 18.9 Å². The zero-order chi connectivity index (χ0) is 10.7. The third-order valence-corrected chi connectivity index (χ3v) is 2.51. The molecule has 0 aliphatic carbocycles. The lowest BCUT2D eigenvalue weighted by Crippen LogP contribution is -2.24. The zero-order valence-electron chi connectivity index (χ0n) is 8.94. The zero-order valence-corrected chi connectivity index (χ0v) is 8.94. The van der Waals surface area contributed by atoms with Gasteiger partial charge in [0.1, 0.15) is 0 Å². The molecule has 0 amide bonds. The van der Waals surface area contributed by atoms with Crippen molar-refractivity contribution >= 4 is 0 Å². The molecular formula is C10H16N2O3. The minimum absolute atomic E-state index is 0.127. The predicted molar refractivity (Wildman–Crippen MR) is 53.7 cm³/mol. The van der Waals surface area contributed by atoms with Crippen LogP contribution in [0, 0.1) is 0 Å². The highest BCUT2D eigenvalue weighted by molar-refractivity contribution is 4.76. The second-order valence-corrected chi connectivity index (χ2v) is 3.83. The molecule has 1 fully saturated rings. The molecule has 15 heavy (non-hydrogen) atoms. The van der Waals surface area contributed by atoms with Crippen molar-refractivity contribution in [3.8, 4) is 0 Å². The Labute approximate surface area is 88.0 Å². The van der Waals surface area contributed by atoms with E-state index in [2.05, 4.69) is 5.10 Å². The molecule has 0 N–H and O–H groups in total. The maximum atomic E-state index is 11.4. The quantitative estimate of drug-likeness (QED) is 0.746. The van der Waals surface area contributed by atoms with Crippen LogP contribution in [0.5, 0.6) is 0 Å². The minimum atomic E-state index is -0.367. The van der Waals surface area contributed by atoms with Crippen LogP contribution in [0.4, 0.5) is 0 Å². The number of hydrogen-bond donors (Lipinski definition) is 0. The molecule has 5 heteroatoms. The lowest BCUT2D eigenvalue weighted by Gasteiger charge is -2.06. The van der Waals surface area contributed by atoms with E-state index in [1.54, 1.807) is 0 Å². The molecular weight excluding hydrogens is 196 g/mol. The summed E-state index contributed by atoms with van der Waals surface area (Å²) < 4.78 is 11.8.